The van der Waals surface area contributed by atoms with Crippen molar-refractivity contribution in [3.8, 4) is 11.5 Å². The summed E-state index contributed by atoms with van der Waals surface area (Å²) >= 11 is 12.7. The summed E-state index contributed by atoms with van der Waals surface area (Å²) in [6.07, 6.45) is 1.46. The van der Waals surface area contributed by atoms with Gasteiger partial charge in [-0.2, -0.15) is 0 Å². The van der Waals surface area contributed by atoms with Crippen molar-refractivity contribution in [3.05, 3.63) is 69.9 Å². The van der Waals surface area contributed by atoms with E-state index in [-0.39, 0.29) is 40.8 Å². The monoisotopic (exact) mass is 529 g/mol. The van der Waals surface area contributed by atoms with Gasteiger partial charge in [0.1, 0.15) is 6.10 Å². The molecule has 5 atom stereocenters. The molecule has 0 N–H and O–H groups in total. The van der Waals surface area contributed by atoms with Crippen LogP contribution in [0.1, 0.15) is 36.9 Å². The number of Topliss-reactive ketones (excluding diaryl/α,β-unsaturated/α-hetero) is 1. The highest BCUT2D eigenvalue weighted by Gasteiger charge is 2.53. The number of carbonyl (C=O) groups is 2. The maximum atomic E-state index is 13.8. The number of hydrogen-bond acceptors (Lipinski definition) is 5. The summed E-state index contributed by atoms with van der Waals surface area (Å²) in [4.78, 5) is 29.3. The Balaban J connectivity index is 1.48. The molecule has 6 nitrogen and oxygen atoms in total. The number of nitrogens with zero attached hydrogens (tertiary/aromatic N) is 1. The predicted octanol–water partition coefficient (Wildman–Crippen LogP) is 5.36. The van der Waals surface area contributed by atoms with E-state index < -0.39 is 6.04 Å². The van der Waals surface area contributed by atoms with Gasteiger partial charge in [0.15, 0.2) is 23.0 Å². The zero-order valence-electron chi connectivity index (χ0n) is 20.5. The number of rotatable bonds is 6. The number of ether oxygens (including phenoxy) is 3. The number of fused-ring (bicyclic) bond motifs is 1. The van der Waals surface area contributed by atoms with Gasteiger partial charge in [-0.05, 0) is 60.6 Å². The maximum absolute atomic E-state index is 13.8. The van der Waals surface area contributed by atoms with Crippen LogP contribution in [0.25, 0.3) is 0 Å². The van der Waals surface area contributed by atoms with E-state index in [1.54, 1.807) is 31.3 Å². The van der Waals surface area contributed by atoms with Crippen molar-refractivity contribution in [3.63, 3.8) is 0 Å². The van der Waals surface area contributed by atoms with Crippen LogP contribution >= 0.6 is 23.2 Å². The summed E-state index contributed by atoms with van der Waals surface area (Å²) < 4.78 is 17.1. The van der Waals surface area contributed by atoms with E-state index in [0.717, 1.165) is 11.1 Å². The van der Waals surface area contributed by atoms with E-state index >= 15 is 0 Å². The molecule has 0 aromatic heterocycles. The number of benzene rings is 2. The smallest absolute Gasteiger partial charge is 0.290 e. The third-order valence-corrected chi connectivity index (χ3v) is 8.44. The molecular formula is C28H29Cl2NO5. The Morgan fingerprint density at radius 3 is 2.44 bits per heavy atom. The quantitative estimate of drug-likeness (QED) is 0.471. The molecule has 36 heavy (non-hydrogen) atoms. The van der Waals surface area contributed by atoms with Gasteiger partial charge in [0, 0.05) is 16.9 Å². The minimum absolute atomic E-state index is 0.0271. The van der Waals surface area contributed by atoms with E-state index in [1.807, 2.05) is 30.3 Å². The van der Waals surface area contributed by atoms with E-state index in [0.29, 0.717) is 47.9 Å². The number of amides is 1. The first-order valence-corrected chi connectivity index (χ1v) is 13.0. The van der Waals surface area contributed by atoms with Gasteiger partial charge >= 0.3 is 0 Å². The lowest BCUT2D eigenvalue weighted by atomic mass is 9.74. The average Bonchev–Trinajstić information content (AvgIpc) is 3.16. The van der Waals surface area contributed by atoms with Crippen LogP contribution in [-0.4, -0.2) is 48.8 Å². The van der Waals surface area contributed by atoms with Crippen LogP contribution < -0.4 is 9.47 Å². The van der Waals surface area contributed by atoms with Crippen molar-refractivity contribution >= 4 is 34.9 Å². The molecule has 2 heterocycles. The second-order valence-electron chi connectivity index (χ2n) is 9.73. The fraction of sp³-hybridized carbons (Fsp3) is 0.429. The summed E-state index contributed by atoms with van der Waals surface area (Å²) in [5.74, 6) is 1.06. The predicted molar refractivity (Wildman–Crippen MR) is 138 cm³/mol. The first-order valence-electron chi connectivity index (χ1n) is 12.2. The van der Waals surface area contributed by atoms with Crippen LogP contribution in [0.5, 0.6) is 11.5 Å². The zero-order valence-corrected chi connectivity index (χ0v) is 22.0. The highest BCUT2D eigenvalue weighted by atomic mass is 35.5. The van der Waals surface area contributed by atoms with Crippen molar-refractivity contribution in [1.82, 2.24) is 4.90 Å². The molecule has 1 aliphatic carbocycles. The maximum Gasteiger partial charge on any atom is 0.290 e. The topological polar surface area (TPSA) is 65.1 Å². The van der Waals surface area contributed by atoms with Crippen LogP contribution in [-0.2, 0) is 20.7 Å². The van der Waals surface area contributed by atoms with Crippen molar-refractivity contribution < 1.29 is 23.8 Å². The molecule has 1 fully saturated rings. The Labute approximate surface area is 221 Å². The lowest BCUT2D eigenvalue weighted by molar-refractivity contribution is -0.136. The lowest BCUT2D eigenvalue weighted by Crippen LogP contribution is -2.44. The van der Waals surface area contributed by atoms with Gasteiger partial charge in [-0.25, -0.2) is 0 Å². The Kier molecular flexibility index (Phi) is 6.92. The molecule has 2 aliphatic heterocycles. The van der Waals surface area contributed by atoms with Crippen LogP contribution in [0.3, 0.4) is 0 Å². The van der Waals surface area contributed by atoms with E-state index in [1.165, 1.54) is 0 Å². The zero-order chi connectivity index (χ0) is 25.6. The number of carbonyl (C=O) groups excluding carboxylic acids is 2. The minimum Gasteiger partial charge on any atom is -0.493 e. The van der Waals surface area contributed by atoms with Gasteiger partial charge in [0.05, 0.1) is 31.8 Å². The molecule has 0 radical (unpaired) electrons. The Hall–Kier alpha value is -2.70. The summed E-state index contributed by atoms with van der Waals surface area (Å²) in [5, 5.41) is 0.500. The van der Waals surface area contributed by atoms with Gasteiger partial charge < -0.3 is 19.1 Å². The molecule has 190 valence electrons. The molecule has 1 amide bonds. The van der Waals surface area contributed by atoms with Gasteiger partial charge in [-0.15, -0.1) is 11.6 Å². The van der Waals surface area contributed by atoms with Gasteiger partial charge in [-0.3, -0.25) is 9.59 Å². The summed E-state index contributed by atoms with van der Waals surface area (Å²) in [6, 6.07) is 12.5. The molecule has 0 saturated heterocycles. The highest BCUT2D eigenvalue weighted by molar-refractivity contribution is 6.30. The van der Waals surface area contributed by atoms with Crippen molar-refractivity contribution in [2.75, 3.05) is 20.8 Å². The van der Waals surface area contributed by atoms with E-state index in [2.05, 4.69) is 6.92 Å². The van der Waals surface area contributed by atoms with Crippen LogP contribution in [0, 0.1) is 11.8 Å². The normalized spacial score (nSPS) is 27.5. The first kappa shape index (κ1) is 25.0. The van der Waals surface area contributed by atoms with E-state index in [9.17, 15) is 9.59 Å². The van der Waals surface area contributed by atoms with Crippen LogP contribution in [0.2, 0.25) is 5.02 Å². The molecule has 5 rings (SSSR count). The Morgan fingerprint density at radius 1 is 1.03 bits per heavy atom. The molecule has 8 heteroatoms. The summed E-state index contributed by atoms with van der Waals surface area (Å²) in [5.41, 5.74) is 2.25. The SMILES string of the molecule is COc1ccc(CCN2C(=O)C3=C(C(=O)C4CC(Cl)C(C)CC4O3)C2c2ccc(Cl)cc2)cc1OC. The van der Waals surface area contributed by atoms with Crippen molar-refractivity contribution in [2.45, 2.75) is 43.7 Å². The molecule has 2 aromatic rings. The fourth-order valence-electron chi connectivity index (χ4n) is 5.57. The van der Waals surface area contributed by atoms with Gasteiger partial charge in [0.25, 0.3) is 5.91 Å². The number of alkyl halides is 1. The largest absolute Gasteiger partial charge is 0.493 e. The Morgan fingerprint density at radius 2 is 1.75 bits per heavy atom. The third kappa shape index (κ3) is 4.35. The van der Waals surface area contributed by atoms with E-state index in [4.69, 9.17) is 37.4 Å². The molecule has 5 unspecified atom stereocenters. The molecule has 0 bridgehead atoms. The van der Waals surface area contributed by atoms with Crippen LogP contribution in [0.15, 0.2) is 53.8 Å². The number of methoxy groups -OCH3 is 2. The van der Waals surface area contributed by atoms with Gasteiger partial charge in [-0.1, -0.05) is 36.7 Å². The van der Waals surface area contributed by atoms with Gasteiger partial charge in [0.2, 0.25) is 0 Å². The minimum atomic E-state index is -0.536. The Bertz CT molecular complexity index is 1210. The molecule has 1 saturated carbocycles. The average molecular weight is 530 g/mol. The highest BCUT2D eigenvalue weighted by Crippen LogP contribution is 2.48. The van der Waals surface area contributed by atoms with Crippen molar-refractivity contribution in [1.29, 1.82) is 0 Å². The molecule has 2 aromatic carbocycles. The number of hydrogen-bond donors (Lipinski definition) is 0. The molecular weight excluding hydrogens is 501 g/mol. The number of halogens is 2. The second kappa shape index (κ2) is 9.98. The first-order chi connectivity index (χ1) is 17.3. The second-order valence-corrected chi connectivity index (χ2v) is 10.7. The standard InChI is InChI=1S/C28H29Cl2NO5/c1-15-12-22-19(14-20(15)30)26(32)24-25(17-5-7-18(29)8-6-17)31(28(33)27(24)36-22)11-10-16-4-9-21(34-2)23(13-16)35-3/h4-9,13,15,19-20,22,25H,10-12,14H2,1-3H3. The molecule has 3 aliphatic rings. The van der Waals surface area contributed by atoms with Crippen molar-refractivity contribution in [2.24, 2.45) is 11.8 Å². The number of ketones is 1. The summed E-state index contributed by atoms with van der Waals surface area (Å²) in [6.45, 7) is 2.46. The lowest BCUT2D eigenvalue weighted by Gasteiger charge is -2.40. The third-order valence-electron chi connectivity index (χ3n) is 7.58. The fourth-order valence-corrected chi connectivity index (χ4v) is 5.99. The molecule has 0 spiro atoms. The summed E-state index contributed by atoms with van der Waals surface area (Å²) in [7, 11) is 3.18. The van der Waals surface area contributed by atoms with Crippen LogP contribution in [0.4, 0.5) is 0 Å².